The summed E-state index contributed by atoms with van der Waals surface area (Å²) in [6.45, 7) is 10.5. The molecule has 0 amide bonds. The molecule has 0 bridgehead atoms. The van der Waals surface area contributed by atoms with E-state index in [-0.39, 0.29) is 4.90 Å². The summed E-state index contributed by atoms with van der Waals surface area (Å²) in [6.07, 6.45) is 3.08. The van der Waals surface area contributed by atoms with Crippen LogP contribution >= 0.6 is 12.2 Å². The van der Waals surface area contributed by atoms with Gasteiger partial charge in [-0.1, -0.05) is 19.0 Å². The van der Waals surface area contributed by atoms with Crippen molar-refractivity contribution in [2.75, 3.05) is 26.2 Å². The zero-order valence-electron chi connectivity index (χ0n) is 18.0. The lowest BCUT2D eigenvalue weighted by Crippen LogP contribution is -2.36. The van der Waals surface area contributed by atoms with Gasteiger partial charge in [0.2, 0.25) is 10.0 Å². The van der Waals surface area contributed by atoms with Gasteiger partial charge in [0, 0.05) is 38.1 Å². The maximum atomic E-state index is 13.1. The van der Waals surface area contributed by atoms with Crippen molar-refractivity contribution in [3.63, 3.8) is 0 Å². The average molecular weight is 455 g/mol. The molecule has 0 radical (unpaired) electrons. The van der Waals surface area contributed by atoms with Crippen LogP contribution in [0.5, 0.6) is 0 Å². The minimum atomic E-state index is -3.62. The summed E-state index contributed by atoms with van der Waals surface area (Å²) in [6, 6.07) is 0.489. The van der Waals surface area contributed by atoms with Gasteiger partial charge in [-0.05, 0) is 45.3 Å². The quantitative estimate of drug-likeness (QED) is 0.620. The molecule has 2 aromatic heterocycles. The zero-order valence-corrected chi connectivity index (χ0v) is 19.7. The Morgan fingerprint density at radius 1 is 1.17 bits per heavy atom. The Labute approximate surface area is 182 Å². The second kappa shape index (κ2) is 8.18. The molecule has 1 saturated heterocycles. The van der Waals surface area contributed by atoms with Gasteiger partial charge in [-0.15, -0.1) is 0 Å². The van der Waals surface area contributed by atoms with E-state index in [1.807, 2.05) is 4.68 Å². The first-order valence-corrected chi connectivity index (χ1v) is 12.4. The van der Waals surface area contributed by atoms with Gasteiger partial charge < -0.3 is 9.09 Å². The highest BCUT2D eigenvalue weighted by Gasteiger charge is 2.33. The third kappa shape index (κ3) is 4.00. The number of rotatable bonds is 6. The normalized spacial score (nSPS) is 19.5. The van der Waals surface area contributed by atoms with Gasteiger partial charge in [0.05, 0.1) is 6.67 Å². The monoisotopic (exact) mass is 454 g/mol. The number of aromatic nitrogens is 4. The van der Waals surface area contributed by atoms with Crippen molar-refractivity contribution in [3.05, 3.63) is 22.0 Å². The first kappa shape index (κ1) is 21.7. The maximum Gasteiger partial charge on any atom is 0.248 e. The van der Waals surface area contributed by atoms with E-state index in [1.165, 1.54) is 0 Å². The summed E-state index contributed by atoms with van der Waals surface area (Å²) in [4.78, 5) is 2.43. The van der Waals surface area contributed by atoms with Crippen molar-refractivity contribution in [2.24, 2.45) is 0 Å². The molecule has 1 saturated carbocycles. The highest BCUT2D eigenvalue weighted by atomic mass is 32.2. The molecule has 166 valence electrons. The van der Waals surface area contributed by atoms with Crippen LogP contribution in [0, 0.1) is 18.6 Å². The van der Waals surface area contributed by atoms with E-state index in [1.54, 1.807) is 18.2 Å². The summed E-state index contributed by atoms with van der Waals surface area (Å²) in [7, 11) is -3.62. The van der Waals surface area contributed by atoms with E-state index in [9.17, 15) is 8.42 Å². The topological polar surface area (TPSA) is 89.4 Å². The van der Waals surface area contributed by atoms with Gasteiger partial charge in [-0.3, -0.25) is 4.90 Å². The molecule has 2 aromatic rings. The van der Waals surface area contributed by atoms with E-state index in [0.717, 1.165) is 36.4 Å². The SMILES string of the molecule is Cc1noc(C)c1S(=O)(=O)N1CCCN(Cn2nc(C(C)C)n(C3CC3)c2=S)CC1. The third-order valence-corrected chi connectivity index (χ3v) is 8.32. The molecule has 3 heterocycles. The average Bonchev–Trinajstić information content (AvgIpc) is 3.42. The second-order valence-electron chi connectivity index (χ2n) is 8.57. The molecular formula is C19H30N6O3S2. The Bertz CT molecular complexity index is 1060. The van der Waals surface area contributed by atoms with Crippen LogP contribution in [0.4, 0.5) is 0 Å². The molecule has 1 aliphatic heterocycles. The Morgan fingerprint density at radius 2 is 1.90 bits per heavy atom. The predicted molar refractivity (Wildman–Crippen MR) is 114 cm³/mol. The fourth-order valence-electron chi connectivity index (χ4n) is 4.09. The number of sulfonamides is 1. The summed E-state index contributed by atoms with van der Waals surface area (Å²) < 4.78 is 37.8. The van der Waals surface area contributed by atoms with Crippen LogP contribution < -0.4 is 0 Å². The molecule has 2 aliphatic rings. The van der Waals surface area contributed by atoms with Crippen LogP contribution in [-0.2, 0) is 16.7 Å². The minimum absolute atomic E-state index is 0.197. The van der Waals surface area contributed by atoms with Crippen molar-refractivity contribution in [2.45, 2.75) is 70.5 Å². The van der Waals surface area contributed by atoms with E-state index in [4.69, 9.17) is 21.8 Å². The lowest BCUT2D eigenvalue weighted by Gasteiger charge is -2.21. The van der Waals surface area contributed by atoms with Crippen LogP contribution in [0.3, 0.4) is 0 Å². The van der Waals surface area contributed by atoms with Crippen LogP contribution in [0.25, 0.3) is 0 Å². The summed E-state index contributed by atoms with van der Waals surface area (Å²) in [5, 5.41) is 8.62. The standard InChI is InChI=1S/C19H30N6O3S2/c1-13(2)18-20-24(19(29)25(18)16-6-7-16)12-22-8-5-9-23(11-10-22)30(26,27)17-14(3)21-28-15(17)4/h13,16H,5-12H2,1-4H3. The summed E-state index contributed by atoms with van der Waals surface area (Å²) in [5.74, 6) is 1.69. The molecule has 11 heteroatoms. The molecule has 0 N–H and O–H groups in total. The molecule has 0 unspecified atom stereocenters. The summed E-state index contributed by atoms with van der Waals surface area (Å²) >= 11 is 5.73. The van der Waals surface area contributed by atoms with E-state index >= 15 is 0 Å². The molecule has 30 heavy (non-hydrogen) atoms. The number of hydrogen-bond donors (Lipinski definition) is 0. The summed E-state index contributed by atoms with van der Waals surface area (Å²) in [5.41, 5.74) is 0.409. The Kier molecular flexibility index (Phi) is 5.90. The highest BCUT2D eigenvalue weighted by molar-refractivity contribution is 7.89. The van der Waals surface area contributed by atoms with Gasteiger partial charge >= 0.3 is 0 Å². The van der Waals surface area contributed by atoms with Crippen LogP contribution in [0.15, 0.2) is 9.42 Å². The third-order valence-electron chi connectivity index (χ3n) is 5.77. The zero-order chi connectivity index (χ0) is 21.6. The molecule has 0 atom stereocenters. The van der Waals surface area contributed by atoms with Gasteiger partial charge in [-0.2, -0.15) is 9.40 Å². The molecular weight excluding hydrogens is 424 g/mol. The van der Waals surface area contributed by atoms with Crippen LogP contribution in [0.2, 0.25) is 0 Å². The van der Waals surface area contributed by atoms with Crippen LogP contribution in [-0.4, -0.2) is 63.3 Å². The van der Waals surface area contributed by atoms with Gasteiger partial charge in [-0.25, -0.2) is 13.1 Å². The van der Waals surface area contributed by atoms with Crippen molar-refractivity contribution in [3.8, 4) is 0 Å². The molecule has 4 rings (SSSR count). The fourth-order valence-corrected chi connectivity index (χ4v) is 6.19. The molecule has 2 fully saturated rings. The Morgan fingerprint density at radius 3 is 2.50 bits per heavy atom. The molecule has 9 nitrogen and oxygen atoms in total. The Hall–Kier alpha value is -1.56. The maximum absolute atomic E-state index is 13.1. The predicted octanol–water partition coefficient (Wildman–Crippen LogP) is 2.83. The van der Waals surface area contributed by atoms with E-state index < -0.39 is 10.0 Å². The highest BCUT2D eigenvalue weighted by Crippen LogP contribution is 2.37. The fraction of sp³-hybridized carbons (Fsp3) is 0.737. The lowest BCUT2D eigenvalue weighted by molar-refractivity contribution is 0.215. The smallest absolute Gasteiger partial charge is 0.248 e. The minimum Gasteiger partial charge on any atom is -0.360 e. The largest absolute Gasteiger partial charge is 0.360 e. The van der Waals surface area contributed by atoms with Crippen molar-refractivity contribution in [1.29, 1.82) is 0 Å². The van der Waals surface area contributed by atoms with Crippen molar-refractivity contribution in [1.82, 2.24) is 28.7 Å². The van der Waals surface area contributed by atoms with Crippen LogP contribution in [0.1, 0.15) is 62.3 Å². The number of aryl methyl sites for hydroxylation is 2. The van der Waals surface area contributed by atoms with Gasteiger partial charge in [0.25, 0.3) is 0 Å². The molecule has 0 spiro atoms. The first-order valence-electron chi connectivity index (χ1n) is 10.5. The Balaban J connectivity index is 1.49. The number of nitrogens with zero attached hydrogens (tertiary/aromatic N) is 6. The lowest BCUT2D eigenvalue weighted by atomic mass is 10.2. The first-order chi connectivity index (χ1) is 14.2. The van der Waals surface area contributed by atoms with E-state index in [0.29, 0.717) is 49.7 Å². The second-order valence-corrected chi connectivity index (χ2v) is 10.8. The van der Waals surface area contributed by atoms with Crippen molar-refractivity contribution < 1.29 is 12.9 Å². The number of hydrogen-bond acceptors (Lipinski definition) is 7. The van der Waals surface area contributed by atoms with Crippen molar-refractivity contribution >= 4 is 22.2 Å². The molecule has 1 aliphatic carbocycles. The van der Waals surface area contributed by atoms with E-state index in [2.05, 4.69) is 28.5 Å². The van der Waals surface area contributed by atoms with Gasteiger partial charge in [0.15, 0.2) is 10.5 Å². The molecule has 0 aromatic carbocycles. The van der Waals surface area contributed by atoms with Gasteiger partial charge in [0.1, 0.15) is 16.4 Å².